The second kappa shape index (κ2) is 17.6. The van der Waals surface area contributed by atoms with Gasteiger partial charge in [-0.15, -0.1) is 24.8 Å². The molecule has 0 N–H and O–H groups in total. The van der Waals surface area contributed by atoms with Crippen LogP contribution in [0, 0.1) is 11.3 Å². The van der Waals surface area contributed by atoms with Gasteiger partial charge in [0.15, 0.2) is 0 Å². The van der Waals surface area contributed by atoms with Crippen molar-refractivity contribution in [3.05, 3.63) is 194 Å². The van der Waals surface area contributed by atoms with Gasteiger partial charge in [-0.25, -0.2) is 0 Å². The molecule has 0 nitrogen and oxygen atoms in total. The van der Waals surface area contributed by atoms with Gasteiger partial charge in [0, 0.05) is 0 Å². The fraction of sp³-hybridized carbons (Fsp3) is 0.196. The zero-order valence-electron chi connectivity index (χ0n) is 33.5. The molecule has 60 heavy (non-hydrogen) atoms. The smallest absolute Gasteiger partial charge is 0.147 e. The predicted octanol–water partition coefficient (Wildman–Crippen LogP) is 14.9. The van der Waals surface area contributed by atoms with Gasteiger partial charge in [-0.2, -0.15) is 0 Å². The summed E-state index contributed by atoms with van der Waals surface area (Å²) in [7, 11) is 0. The van der Waals surface area contributed by atoms with Crippen LogP contribution >= 0.6 is 24.8 Å². The molecule has 1 atom stereocenters. The van der Waals surface area contributed by atoms with Crippen molar-refractivity contribution in [2.75, 3.05) is 0 Å². The van der Waals surface area contributed by atoms with Crippen molar-refractivity contribution in [2.45, 2.75) is 52.9 Å². The molecule has 6 aromatic carbocycles. The van der Waals surface area contributed by atoms with Crippen LogP contribution in [-0.2, 0) is 40.0 Å². The molecule has 0 fully saturated rings. The molecule has 0 saturated heterocycles. The zero-order chi connectivity index (χ0) is 41.0. The van der Waals surface area contributed by atoms with Crippen LogP contribution in [-0.4, -0.2) is 3.21 Å². The van der Waals surface area contributed by atoms with E-state index in [4.69, 9.17) is 0 Å². The van der Waals surface area contributed by atoms with Crippen LogP contribution in [0.1, 0.15) is 67.5 Å². The van der Waals surface area contributed by atoms with Crippen LogP contribution in [0.15, 0.2) is 161 Å². The molecule has 0 amide bonds. The molecule has 0 heterocycles. The van der Waals surface area contributed by atoms with E-state index in [2.05, 4.69) is 94.4 Å². The maximum atomic E-state index is 14.6. The Labute approximate surface area is 368 Å². The second-order valence-corrected chi connectivity index (χ2v) is 21.9. The first-order valence-electron chi connectivity index (χ1n) is 19.6. The minimum Gasteiger partial charge on any atom is -0.147 e. The van der Waals surface area contributed by atoms with E-state index in [0.717, 1.165) is 87.3 Å². The number of halogens is 8. The molecule has 9 heteroatoms. The Morgan fingerprint density at radius 2 is 1.12 bits per heavy atom. The molecule has 0 spiro atoms. The largest absolute Gasteiger partial charge is 0.147 e. The number of hydrogen-bond acceptors (Lipinski definition) is 0. The maximum absolute atomic E-state index is 14.6. The Balaban J connectivity index is 0.00000302. The third kappa shape index (κ3) is 8.87. The molecular weight excluding hydrogens is 889 g/mol. The van der Waals surface area contributed by atoms with Crippen molar-refractivity contribution in [3.8, 4) is 33.4 Å². The van der Waals surface area contributed by atoms with Crippen molar-refractivity contribution in [1.82, 2.24) is 0 Å². The summed E-state index contributed by atoms with van der Waals surface area (Å²) in [5, 5.41) is 0. The third-order valence-corrected chi connectivity index (χ3v) is 19.4. The second-order valence-electron chi connectivity index (χ2n) is 16.2. The van der Waals surface area contributed by atoms with Crippen LogP contribution in [0.4, 0.5) is 26.3 Å². The molecule has 8 rings (SSSR count). The van der Waals surface area contributed by atoms with Gasteiger partial charge in [0.2, 0.25) is 0 Å². The predicted molar refractivity (Wildman–Crippen MR) is 235 cm³/mol. The van der Waals surface area contributed by atoms with Crippen LogP contribution in [0.3, 0.4) is 0 Å². The van der Waals surface area contributed by atoms with Crippen LogP contribution < -0.4 is 3.27 Å². The van der Waals surface area contributed by atoms with E-state index >= 15 is 0 Å². The van der Waals surface area contributed by atoms with Crippen molar-refractivity contribution < 1.29 is 47.6 Å². The number of hydrogen-bond donors (Lipinski definition) is 0. The number of fused-ring (bicyclic) bond motifs is 3. The summed E-state index contributed by atoms with van der Waals surface area (Å²) in [5.41, 5.74) is 8.36. The van der Waals surface area contributed by atoms with Crippen LogP contribution in [0.25, 0.3) is 33.4 Å². The summed E-state index contributed by atoms with van der Waals surface area (Å²) < 4.78 is 90.4. The van der Waals surface area contributed by atoms with E-state index in [-0.39, 0.29) is 36.1 Å². The monoisotopic (exact) mass is 930 g/mol. The maximum Gasteiger partial charge on any atom is -0.147 e. The number of benzene rings is 6. The number of alkyl halides is 6. The van der Waals surface area contributed by atoms with Crippen molar-refractivity contribution in [2.24, 2.45) is 11.3 Å². The van der Waals surface area contributed by atoms with Gasteiger partial charge in [-0.1, -0.05) is 0 Å². The van der Waals surface area contributed by atoms with Gasteiger partial charge in [-0.05, 0) is 0 Å². The molecule has 0 aliphatic heterocycles. The molecule has 2 aliphatic rings. The molecule has 0 bridgehead atoms. The molecule has 2 aliphatic carbocycles. The Morgan fingerprint density at radius 1 is 0.583 bits per heavy atom. The third-order valence-electron chi connectivity index (χ3n) is 11.4. The van der Waals surface area contributed by atoms with E-state index in [1.807, 2.05) is 36.4 Å². The zero-order valence-corrected chi connectivity index (χ0v) is 37.6. The first kappa shape index (κ1) is 45.2. The summed E-state index contributed by atoms with van der Waals surface area (Å²) in [6.45, 7) is 8.56. The fourth-order valence-electron chi connectivity index (χ4n) is 8.49. The summed E-state index contributed by atoms with van der Waals surface area (Å²) in [4.78, 5) is 0. The van der Waals surface area contributed by atoms with Crippen LogP contribution in [0.2, 0.25) is 0 Å². The minimum atomic E-state index is -4.65. The number of allylic oxidation sites excluding steroid dienone is 4. The first-order valence-corrected chi connectivity index (χ1v) is 23.2. The van der Waals surface area contributed by atoms with Gasteiger partial charge in [0.25, 0.3) is 0 Å². The Kier molecular flexibility index (Phi) is 13.3. The van der Waals surface area contributed by atoms with Gasteiger partial charge in [0.05, 0.1) is 0 Å². The van der Waals surface area contributed by atoms with Crippen molar-refractivity contribution in [1.29, 1.82) is 0 Å². The summed E-state index contributed by atoms with van der Waals surface area (Å²) in [6, 6.07) is 41.5. The molecule has 0 radical (unpaired) electrons. The van der Waals surface area contributed by atoms with Crippen LogP contribution in [0.5, 0.6) is 0 Å². The van der Waals surface area contributed by atoms with Crippen molar-refractivity contribution >= 4 is 31.3 Å². The van der Waals surface area contributed by atoms with Gasteiger partial charge >= 0.3 is 346 Å². The fourth-order valence-corrected chi connectivity index (χ4v) is 17.6. The van der Waals surface area contributed by atoms with E-state index in [1.165, 1.54) is 12.1 Å². The van der Waals surface area contributed by atoms with Gasteiger partial charge in [0.1, 0.15) is 0 Å². The molecule has 0 aromatic heterocycles. The Hall–Kier alpha value is -4.29. The average Bonchev–Trinajstić information content (AvgIpc) is 3.82. The molecule has 1 unspecified atom stereocenters. The Bertz CT molecular complexity index is 2570. The summed E-state index contributed by atoms with van der Waals surface area (Å²) in [6.07, 6.45) is -3.43. The molecule has 308 valence electrons. The van der Waals surface area contributed by atoms with E-state index in [0.29, 0.717) is 20.8 Å². The summed E-state index contributed by atoms with van der Waals surface area (Å²) >= 11 is -3.96. The normalized spacial score (nSPS) is 14.6. The minimum absolute atomic E-state index is 0. The first-order chi connectivity index (χ1) is 27.6. The SMILES string of the molecule is CCC1C=C(C(C)(C)C)C=[C]1[Zr](=[C](c1cccc(C(F)(F)F)c1)c1cccc(C(F)(F)F)c1)[c]1c(-c2ccccc2)ccc2c1Cc1cc(-c3ccccc3)ccc1-2.Cl.Cl. The van der Waals surface area contributed by atoms with Crippen molar-refractivity contribution in [3.63, 3.8) is 0 Å². The van der Waals surface area contributed by atoms with E-state index in [9.17, 15) is 26.3 Å². The van der Waals surface area contributed by atoms with E-state index < -0.39 is 44.7 Å². The molecular formula is C51H44Cl2F6Zr. The standard InChI is InChI=1S/C25H17.C15H8F6.C11H17.2ClH.Zr/c1-3-7-18(8-4-1)20-11-13-24-22(15-20)17-23-16-21(12-14-25(23)24)19-9-5-2-6-10-19;16-14(17,18)12-5-1-3-10(8-12)7-11-4-2-6-13(9-11)15(19,20)21;1-5-9-6-7-10(8-9)11(2,3)4;;;/h1-15H,17H2;1-6,8-9H;7-9H,5H2,1-4H3;2*1H;. The molecule has 6 aromatic rings. The summed E-state index contributed by atoms with van der Waals surface area (Å²) in [5.74, 6) is -0.0387. The number of rotatable bonds is 7. The van der Waals surface area contributed by atoms with Gasteiger partial charge in [-0.3, -0.25) is 0 Å². The topological polar surface area (TPSA) is 0 Å². The molecule has 0 saturated carbocycles. The average molecular weight is 933 g/mol. The van der Waals surface area contributed by atoms with Gasteiger partial charge < -0.3 is 0 Å². The van der Waals surface area contributed by atoms with E-state index in [1.54, 1.807) is 12.1 Å². The Morgan fingerprint density at radius 3 is 1.65 bits per heavy atom. The quantitative estimate of drug-likeness (QED) is 0.140.